The molecule has 0 aromatic heterocycles. The third-order valence-electron chi connectivity index (χ3n) is 1.49. The van der Waals surface area contributed by atoms with E-state index in [-0.39, 0.29) is 0 Å². The topological polar surface area (TPSA) is 46.2 Å². The second-order valence-electron chi connectivity index (χ2n) is 3.47. The lowest BCUT2D eigenvalue weighted by molar-refractivity contribution is 0.0993. The van der Waals surface area contributed by atoms with Crippen molar-refractivity contribution in [2.24, 2.45) is 5.73 Å². The van der Waals surface area contributed by atoms with E-state index in [4.69, 9.17) is 5.73 Å². The highest BCUT2D eigenvalue weighted by molar-refractivity contribution is 5.04. The van der Waals surface area contributed by atoms with Crippen LogP contribution in [0.1, 0.15) is 33.6 Å². The van der Waals surface area contributed by atoms with Crippen LogP contribution in [-0.4, -0.2) is 17.3 Å². The lowest BCUT2D eigenvalue weighted by Gasteiger charge is -2.18. The van der Waals surface area contributed by atoms with E-state index in [1.54, 1.807) is 0 Å². The molecule has 0 rings (SSSR count). The Hall–Kier alpha value is -0.340. The summed E-state index contributed by atoms with van der Waals surface area (Å²) in [5.74, 6) is 0. The van der Waals surface area contributed by atoms with Gasteiger partial charge in [0.1, 0.15) is 0 Å². The molecule has 0 aromatic rings. The highest BCUT2D eigenvalue weighted by Gasteiger charge is 2.14. The molecule has 0 aliphatic rings. The molecular weight excluding hydrogens is 138 g/mol. The summed E-state index contributed by atoms with van der Waals surface area (Å²) in [7, 11) is 0. The van der Waals surface area contributed by atoms with Crippen molar-refractivity contribution in [3.63, 3.8) is 0 Å². The third-order valence-corrected chi connectivity index (χ3v) is 1.49. The molecule has 0 amide bonds. The fraction of sp³-hybridized carbons (Fsp3) is 0.778. The van der Waals surface area contributed by atoms with Crippen molar-refractivity contribution in [2.45, 2.75) is 39.2 Å². The Balaban J connectivity index is 3.90. The van der Waals surface area contributed by atoms with Gasteiger partial charge in [-0.05, 0) is 40.2 Å². The summed E-state index contributed by atoms with van der Waals surface area (Å²) in [6.45, 7) is 6.43. The molecule has 0 aliphatic carbocycles. The maximum Gasteiger partial charge on any atom is 0.0802 e. The Kier molecular flexibility index (Phi) is 4.38. The van der Waals surface area contributed by atoms with E-state index in [1.165, 1.54) is 0 Å². The average molecular weight is 157 g/mol. The Bertz CT molecular complexity index is 134. The molecule has 1 unspecified atom stereocenters. The summed E-state index contributed by atoms with van der Waals surface area (Å²) in [4.78, 5) is 0. The molecule has 0 saturated heterocycles. The molecule has 0 saturated carbocycles. The minimum Gasteiger partial charge on any atom is -0.386 e. The first kappa shape index (κ1) is 10.7. The van der Waals surface area contributed by atoms with Gasteiger partial charge in [-0.15, -0.1) is 0 Å². The minimum absolute atomic E-state index is 0.646. The van der Waals surface area contributed by atoms with E-state index in [1.807, 2.05) is 26.8 Å². The van der Waals surface area contributed by atoms with Crippen LogP contribution < -0.4 is 5.73 Å². The monoisotopic (exact) mass is 157 g/mol. The predicted octanol–water partition coefficient (Wildman–Crippen LogP) is 1.44. The smallest absolute Gasteiger partial charge is 0.0802 e. The second kappa shape index (κ2) is 4.52. The van der Waals surface area contributed by atoms with Gasteiger partial charge in [-0.25, -0.2) is 0 Å². The van der Waals surface area contributed by atoms with Crippen molar-refractivity contribution in [1.29, 1.82) is 0 Å². The largest absolute Gasteiger partial charge is 0.386 e. The number of rotatable bonds is 4. The number of hydrogen-bond donors (Lipinski definition) is 2. The Morgan fingerprint density at radius 2 is 2.09 bits per heavy atom. The maximum absolute atomic E-state index is 9.68. The molecule has 2 heteroatoms. The first-order valence-electron chi connectivity index (χ1n) is 4.06. The summed E-state index contributed by atoms with van der Waals surface area (Å²) >= 11 is 0. The molecule has 0 heterocycles. The SMILES string of the molecule is CC(C)=CC(C)(O)CCCN. The van der Waals surface area contributed by atoms with Gasteiger partial charge < -0.3 is 10.8 Å². The average Bonchev–Trinajstić information content (AvgIpc) is 1.81. The van der Waals surface area contributed by atoms with Crippen LogP contribution in [0.3, 0.4) is 0 Å². The van der Waals surface area contributed by atoms with Crippen LogP contribution in [-0.2, 0) is 0 Å². The molecule has 0 bridgehead atoms. The van der Waals surface area contributed by atoms with Gasteiger partial charge in [-0.1, -0.05) is 11.6 Å². The van der Waals surface area contributed by atoms with Crippen LogP contribution in [0.4, 0.5) is 0 Å². The molecule has 0 fully saturated rings. The van der Waals surface area contributed by atoms with Crippen molar-refractivity contribution in [2.75, 3.05) is 6.54 Å². The standard InChI is InChI=1S/C9H19NO/c1-8(2)7-9(3,11)5-4-6-10/h7,11H,4-6,10H2,1-3H3. The van der Waals surface area contributed by atoms with E-state index < -0.39 is 5.60 Å². The first-order chi connectivity index (χ1) is 4.98. The number of aliphatic hydroxyl groups is 1. The molecule has 0 radical (unpaired) electrons. The van der Waals surface area contributed by atoms with Gasteiger partial charge in [0.15, 0.2) is 0 Å². The van der Waals surface area contributed by atoms with Crippen LogP contribution in [0, 0.1) is 0 Å². The lowest BCUT2D eigenvalue weighted by Crippen LogP contribution is -2.22. The van der Waals surface area contributed by atoms with Gasteiger partial charge >= 0.3 is 0 Å². The fourth-order valence-electron chi connectivity index (χ4n) is 1.15. The highest BCUT2D eigenvalue weighted by Crippen LogP contribution is 2.14. The summed E-state index contributed by atoms with van der Waals surface area (Å²) in [6.07, 6.45) is 3.49. The van der Waals surface area contributed by atoms with Gasteiger partial charge in [0.25, 0.3) is 0 Å². The van der Waals surface area contributed by atoms with Crippen molar-refractivity contribution in [3.8, 4) is 0 Å². The summed E-state index contributed by atoms with van der Waals surface area (Å²) in [5, 5.41) is 9.68. The highest BCUT2D eigenvalue weighted by atomic mass is 16.3. The van der Waals surface area contributed by atoms with Gasteiger partial charge in [-0.3, -0.25) is 0 Å². The molecule has 2 nitrogen and oxygen atoms in total. The predicted molar refractivity (Wildman–Crippen MR) is 48.3 cm³/mol. The molecular formula is C9H19NO. The number of allylic oxidation sites excluding steroid dienone is 1. The summed E-state index contributed by atoms with van der Waals surface area (Å²) < 4.78 is 0. The van der Waals surface area contributed by atoms with E-state index >= 15 is 0 Å². The second-order valence-corrected chi connectivity index (χ2v) is 3.47. The molecule has 1 atom stereocenters. The van der Waals surface area contributed by atoms with Gasteiger partial charge in [0, 0.05) is 0 Å². The van der Waals surface area contributed by atoms with Crippen molar-refractivity contribution < 1.29 is 5.11 Å². The van der Waals surface area contributed by atoms with Crippen molar-refractivity contribution >= 4 is 0 Å². The summed E-state index contributed by atoms with van der Waals surface area (Å²) in [6, 6.07) is 0. The Labute approximate surface area is 69.1 Å². The number of nitrogens with two attached hydrogens (primary N) is 1. The number of hydrogen-bond acceptors (Lipinski definition) is 2. The van der Waals surface area contributed by atoms with E-state index in [9.17, 15) is 5.11 Å². The van der Waals surface area contributed by atoms with Crippen LogP contribution >= 0.6 is 0 Å². The Morgan fingerprint density at radius 1 is 1.55 bits per heavy atom. The van der Waals surface area contributed by atoms with Crippen LogP contribution in [0.25, 0.3) is 0 Å². The van der Waals surface area contributed by atoms with Crippen LogP contribution in [0.15, 0.2) is 11.6 Å². The van der Waals surface area contributed by atoms with Gasteiger partial charge in [-0.2, -0.15) is 0 Å². The minimum atomic E-state index is -0.668. The fourth-order valence-corrected chi connectivity index (χ4v) is 1.15. The zero-order valence-corrected chi connectivity index (χ0v) is 7.72. The normalized spacial score (nSPS) is 15.7. The van der Waals surface area contributed by atoms with Crippen LogP contribution in [0.2, 0.25) is 0 Å². The lowest BCUT2D eigenvalue weighted by atomic mass is 9.98. The molecule has 0 aliphatic heterocycles. The summed E-state index contributed by atoms with van der Waals surface area (Å²) in [5.41, 5.74) is 5.81. The zero-order valence-electron chi connectivity index (χ0n) is 7.72. The van der Waals surface area contributed by atoms with E-state index in [0.29, 0.717) is 6.54 Å². The molecule has 3 N–H and O–H groups in total. The van der Waals surface area contributed by atoms with Crippen molar-refractivity contribution in [3.05, 3.63) is 11.6 Å². The quantitative estimate of drug-likeness (QED) is 0.607. The molecule has 0 spiro atoms. The molecule has 66 valence electrons. The maximum atomic E-state index is 9.68. The molecule has 11 heavy (non-hydrogen) atoms. The van der Waals surface area contributed by atoms with Gasteiger partial charge in [0.05, 0.1) is 5.60 Å². The molecule has 0 aromatic carbocycles. The zero-order chi connectivity index (χ0) is 8.91. The van der Waals surface area contributed by atoms with E-state index in [2.05, 4.69) is 0 Å². The van der Waals surface area contributed by atoms with Crippen LogP contribution in [0.5, 0.6) is 0 Å². The van der Waals surface area contributed by atoms with Gasteiger partial charge in [0.2, 0.25) is 0 Å². The Morgan fingerprint density at radius 3 is 2.45 bits per heavy atom. The first-order valence-corrected chi connectivity index (χ1v) is 4.06. The third kappa shape index (κ3) is 6.07. The van der Waals surface area contributed by atoms with Crippen molar-refractivity contribution in [1.82, 2.24) is 0 Å². The van der Waals surface area contributed by atoms with E-state index in [0.717, 1.165) is 18.4 Å².